The van der Waals surface area contributed by atoms with Gasteiger partial charge in [0.15, 0.2) is 0 Å². The molecule has 0 amide bonds. The molecule has 0 saturated heterocycles. The molecule has 0 radical (unpaired) electrons. The number of benzene rings is 1. The van der Waals surface area contributed by atoms with E-state index in [1.54, 1.807) is 0 Å². The zero-order valence-corrected chi connectivity index (χ0v) is 7.45. The molecule has 0 unspecified atom stereocenters. The van der Waals surface area contributed by atoms with E-state index in [4.69, 9.17) is 17.1 Å². The molecule has 0 spiro atoms. The second-order valence-electron chi connectivity index (χ2n) is 2.18. The van der Waals surface area contributed by atoms with Gasteiger partial charge in [0.1, 0.15) is 5.75 Å². The second kappa shape index (κ2) is 4.64. The van der Waals surface area contributed by atoms with Gasteiger partial charge in [0.05, 0.1) is 5.02 Å². The van der Waals surface area contributed by atoms with Crippen molar-refractivity contribution in [1.82, 2.24) is 0 Å². The summed E-state index contributed by atoms with van der Waals surface area (Å²) in [6.45, 7) is -2.93. The molecule has 74 valence electrons. The van der Waals surface area contributed by atoms with Gasteiger partial charge in [-0.25, -0.2) is 0 Å². The fourth-order valence-electron chi connectivity index (χ4n) is 0.795. The van der Waals surface area contributed by atoms with E-state index in [2.05, 4.69) is 14.8 Å². The molecule has 0 aromatic heterocycles. The van der Waals surface area contributed by atoms with E-state index in [9.17, 15) is 8.78 Å². The number of nitrogens with zero attached hydrogens (tertiary/aromatic N) is 3. The standard InChI is InChI=1S/C7H4ClF2N3O/c8-5-3-4(12-13-11)1-2-6(5)14-7(9)10/h1-3,7H. The first-order chi connectivity index (χ1) is 6.63. The Morgan fingerprint density at radius 2 is 2.21 bits per heavy atom. The molecule has 0 atom stereocenters. The Balaban J connectivity index is 2.95. The van der Waals surface area contributed by atoms with Gasteiger partial charge in [0.2, 0.25) is 0 Å². The molecule has 0 aliphatic carbocycles. The Morgan fingerprint density at radius 1 is 1.50 bits per heavy atom. The summed E-state index contributed by atoms with van der Waals surface area (Å²) in [5.41, 5.74) is 8.32. The molecule has 4 nitrogen and oxygen atoms in total. The summed E-state index contributed by atoms with van der Waals surface area (Å²) in [6.07, 6.45) is 0. The highest BCUT2D eigenvalue weighted by Crippen LogP contribution is 2.29. The molecule has 0 aliphatic rings. The predicted molar refractivity (Wildman–Crippen MR) is 46.9 cm³/mol. The molecule has 0 fully saturated rings. The van der Waals surface area contributed by atoms with Crippen molar-refractivity contribution in [2.24, 2.45) is 5.11 Å². The zero-order valence-electron chi connectivity index (χ0n) is 6.69. The van der Waals surface area contributed by atoms with Crippen molar-refractivity contribution in [1.29, 1.82) is 0 Å². The van der Waals surface area contributed by atoms with Crippen LogP contribution in [0.15, 0.2) is 23.3 Å². The van der Waals surface area contributed by atoms with Crippen LogP contribution in [-0.4, -0.2) is 6.61 Å². The summed E-state index contributed by atoms with van der Waals surface area (Å²) in [6, 6.07) is 3.76. The fourth-order valence-corrected chi connectivity index (χ4v) is 1.01. The van der Waals surface area contributed by atoms with Crippen LogP contribution in [0.1, 0.15) is 0 Å². The average Bonchev–Trinajstić information content (AvgIpc) is 2.10. The SMILES string of the molecule is [N-]=[N+]=Nc1ccc(OC(F)F)c(Cl)c1. The minimum Gasteiger partial charge on any atom is -0.433 e. The minimum atomic E-state index is -2.93. The summed E-state index contributed by atoms with van der Waals surface area (Å²) in [4.78, 5) is 2.52. The Morgan fingerprint density at radius 3 is 2.71 bits per heavy atom. The lowest BCUT2D eigenvalue weighted by atomic mass is 10.3. The van der Waals surface area contributed by atoms with Crippen LogP contribution in [0, 0.1) is 0 Å². The van der Waals surface area contributed by atoms with Gasteiger partial charge >= 0.3 is 6.61 Å². The maximum absolute atomic E-state index is 11.8. The third-order valence-electron chi connectivity index (χ3n) is 1.29. The van der Waals surface area contributed by atoms with Crippen LogP contribution in [0.5, 0.6) is 5.75 Å². The average molecular weight is 220 g/mol. The van der Waals surface area contributed by atoms with Gasteiger partial charge in [-0.15, -0.1) is 0 Å². The number of alkyl halides is 2. The molecule has 0 bridgehead atoms. The molecule has 1 aromatic carbocycles. The number of rotatable bonds is 3. The van der Waals surface area contributed by atoms with Crippen LogP contribution in [0.2, 0.25) is 5.02 Å². The van der Waals surface area contributed by atoms with Crippen LogP contribution in [0.4, 0.5) is 14.5 Å². The Labute approximate surface area is 82.7 Å². The zero-order chi connectivity index (χ0) is 10.6. The van der Waals surface area contributed by atoms with Gasteiger partial charge in [-0.2, -0.15) is 8.78 Å². The molecule has 0 aliphatic heterocycles. The van der Waals surface area contributed by atoms with E-state index < -0.39 is 6.61 Å². The van der Waals surface area contributed by atoms with Crippen molar-refractivity contribution in [3.63, 3.8) is 0 Å². The topological polar surface area (TPSA) is 58.0 Å². The fraction of sp³-hybridized carbons (Fsp3) is 0.143. The molecular weight excluding hydrogens is 216 g/mol. The van der Waals surface area contributed by atoms with E-state index in [-0.39, 0.29) is 16.5 Å². The largest absolute Gasteiger partial charge is 0.433 e. The van der Waals surface area contributed by atoms with E-state index in [0.717, 1.165) is 0 Å². The Bertz CT molecular complexity index is 379. The van der Waals surface area contributed by atoms with Crippen molar-refractivity contribution in [2.75, 3.05) is 0 Å². The lowest BCUT2D eigenvalue weighted by molar-refractivity contribution is -0.0497. The van der Waals surface area contributed by atoms with Crippen LogP contribution >= 0.6 is 11.6 Å². The van der Waals surface area contributed by atoms with Gasteiger partial charge in [-0.05, 0) is 23.7 Å². The van der Waals surface area contributed by atoms with E-state index in [0.29, 0.717) is 0 Å². The first-order valence-electron chi connectivity index (χ1n) is 3.43. The quantitative estimate of drug-likeness (QED) is 0.432. The monoisotopic (exact) mass is 219 g/mol. The maximum Gasteiger partial charge on any atom is 0.387 e. The summed E-state index contributed by atoms with van der Waals surface area (Å²) >= 11 is 5.57. The summed E-state index contributed by atoms with van der Waals surface area (Å²) < 4.78 is 27.7. The lowest BCUT2D eigenvalue weighted by Gasteiger charge is -2.06. The lowest BCUT2D eigenvalue weighted by Crippen LogP contribution is -2.01. The van der Waals surface area contributed by atoms with Crippen molar-refractivity contribution in [2.45, 2.75) is 6.61 Å². The van der Waals surface area contributed by atoms with Crippen molar-refractivity contribution in [3.05, 3.63) is 33.7 Å². The molecular formula is C7H4ClF2N3O. The van der Waals surface area contributed by atoms with Crippen molar-refractivity contribution >= 4 is 17.3 Å². The summed E-state index contributed by atoms with van der Waals surface area (Å²) in [7, 11) is 0. The Hall–Kier alpha value is -1.52. The van der Waals surface area contributed by atoms with Gasteiger partial charge in [0, 0.05) is 10.6 Å². The molecule has 1 aromatic rings. The van der Waals surface area contributed by atoms with Crippen LogP contribution in [0.3, 0.4) is 0 Å². The first kappa shape index (κ1) is 10.6. The second-order valence-corrected chi connectivity index (χ2v) is 2.59. The smallest absolute Gasteiger partial charge is 0.387 e. The highest BCUT2D eigenvalue weighted by molar-refractivity contribution is 6.32. The highest BCUT2D eigenvalue weighted by atomic mass is 35.5. The van der Waals surface area contributed by atoms with Gasteiger partial charge < -0.3 is 4.74 Å². The van der Waals surface area contributed by atoms with Crippen LogP contribution in [0.25, 0.3) is 10.4 Å². The van der Waals surface area contributed by atoms with Crippen molar-refractivity contribution in [3.8, 4) is 5.75 Å². The molecule has 7 heteroatoms. The molecule has 0 N–H and O–H groups in total. The first-order valence-corrected chi connectivity index (χ1v) is 3.80. The number of azide groups is 1. The minimum absolute atomic E-state index is 0.0322. The molecule has 1 rings (SSSR count). The number of hydrogen-bond acceptors (Lipinski definition) is 2. The number of ether oxygens (including phenoxy) is 1. The third-order valence-corrected chi connectivity index (χ3v) is 1.59. The molecule has 0 saturated carbocycles. The van der Waals surface area contributed by atoms with Gasteiger partial charge in [0.25, 0.3) is 0 Å². The molecule has 14 heavy (non-hydrogen) atoms. The third kappa shape index (κ3) is 2.76. The number of hydrogen-bond donors (Lipinski definition) is 0. The highest BCUT2D eigenvalue weighted by Gasteiger charge is 2.08. The molecule has 0 heterocycles. The maximum atomic E-state index is 11.8. The summed E-state index contributed by atoms with van der Waals surface area (Å²) in [5.74, 6) is -0.154. The van der Waals surface area contributed by atoms with E-state index in [1.165, 1.54) is 18.2 Å². The normalized spacial score (nSPS) is 9.71. The van der Waals surface area contributed by atoms with Crippen LogP contribution < -0.4 is 4.74 Å². The van der Waals surface area contributed by atoms with E-state index >= 15 is 0 Å². The van der Waals surface area contributed by atoms with Gasteiger partial charge in [-0.3, -0.25) is 0 Å². The van der Waals surface area contributed by atoms with Crippen LogP contribution in [-0.2, 0) is 0 Å². The van der Waals surface area contributed by atoms with E-state index in [1.807, 2.05) is 0 Å². The Kier molecular flexibility index (Phi) is 3.50. The summed E-state index contributed by atoms with van der Waals surface area (Å²) in [5, 5.41) is 3.21. The number of halogens is 3. The van der Waals surface area contributed by atoms with Crippen molar-refractivity contribution < 1.29 is 13.5 Å². The van der Waals surface area contributed by atoms with Gasteiger partial charge in [-0.1, -0.05) is 16.7 Å². The predicted octanol–water partition coefficient (Wildman–Crippen LogP) is 3.88.